The van der Waals surface area contributed by atoms with E-state index < -0.39 is 0 Å². The first-order valence-corrected chi connectivity index (χ1v) is 8.15. The van der Waals surface area contributed by atoms with Crippen LogP contribution in [0.1, 0.15) is 45.6 Å². The Morgan fingerprint density at radius 1 is 1.35 bits per heavy atom. The Morgan fingerprint density at radius 2 is 1.96 bits per heavy atom. The van der Waals surface area contributed by atoms with Gasteiger partial charge in [0.15, 0.2) is 0 Å². The van der Waals surface area contributed by atoms with Gasteiger partial charge in [0.1, 0.15) is 0 Å². The van der Waals surface area contributed by atoms with Crippen molar-refractivity contribution in [3.05, 3.63) is 29.8 Å². The molecule has 1 heterocycles. The first kappa shape index (κ1) is 19.9. The lowest BCUT2D eigenvalue weighted by Gasteiger charge is -2.42. The van der Waals surface area contributed by atoms with E-state index in [1.54, 1.807) is 0 Å². The van der Waals surface area contributed by atoms with Crippen LogP contribution in [0.25, 0.3) is 0 Å². The fourth-order valence-corrected chi connectivity index (χ4v) is 2.97. The summed E-state index contributed by atoms with van der Waals surface area (Å²) >= 11 is 0. The number of likely N-dealkylation sites (tertiary alicyclic amines) is 1. The largest absolute Gasteiger partial charge is 0.327 e. The molecule has 1 fully saturated rings. The molecule has 0 bridgehead atoms. The minimum atomic E-state index is 0. The summed E-state index contributed by atoms with van der Waals surface area (Å²) in [5.41, 5.74) is 8.35. The van der Waals surface area contributed by atoms with Crippen LogP contribution in [0.5, 0.6) is 0 Å². The molecular formula is C18H30ClN3O. The molecule has 130 valence electrons. The molecular weight excluding hydrogens is 310 g/mol. The smallest absolute Gasteiger partial charge is 0.238 e. The minimum Gasteiger partial charge on any atom is -0.327 e. The van der Waals surface area contributed by atoms with Crippen LogP contribution in [-0.2, 0) is 4.79 Å². The van der Waals surface area contributed by atoms with Gasteiger partial charge in [-0.25, -0.2) is 0 Å². The molecule has 1 aliphatic rings. The van der Waals surface area contributed by atoms with E-state index in [2.05, 4.69) is 50.0 Å². The first-order chi connectivity index (χ1) is 10.3. The highest BCUT2D eigenvalue weighted by Gasteiger charge is 2.33. The number of amides is 1. The Balaban J connectivity index is 0.00000264. The lowest BCUT2D eigenvalue weighted by molar-refractivity contribution is -0.118. The lowest BCUT2D eigenvalue weighted by Crippen LogP contribution is -2.53. The highest BCUT2D eigenvalue weighted by Crippen LogP contribution is 2.27. The Kier molecular flexibility index (Phi) is 7.05. The first-order valence-electron chi connectivity index (χ1n) is 8.15. The molecule has 1 saturated heterocycles. The zero-order chi connectivity index (χ0) is 16.3. The molecule has 3 N–H and O–H groups in total. The fraction of sp³-hybridized carbons (Fsp3) is 0.611. The van der Waals surface area contributed by atoms with E-state index >= 15 is 0 Å². The van der Waals surface area contributed by atoms with Crippen LogP contribution in [0.2, 0.25) is 0 Å². The molecule has 0 spiro atoms. The van der Waals surface area contributed by atoms with E-state index in [4.69, 9.17) is 5.73 Å². The van der Waals surface area contributed by atoms with Gasteiger partial charge in [0.25, 0.3) is 0 Å². The van der Waals surface area contributed by atoms with Crippen LogP contribution < -0.4 is 11.1 Å². The van der Waals surface area contributed by atoms with Crippen molar-refractivity contribution < 1.29 is 4.79 Å². The number of carbonyl (C=O) groups is 1. The maximum absolute atomic E-state index is 12.2. The third kappa shape index (κ3) is 5.48. The summed E-state index contributed by atoms with van der Waals surface area (Å²) in [4.78, 5) is 14.4. The third-order valence-electron chi connectivity index (χ3n) is 4.62. The molecule has 1 amide bonds. The predicted molar refractivity (Wildman–Crippen MR) is 99.2 cm³/mol. The van der Waals surface area contributed by atoms with Crippen molar-refractivity contribution in [2.75, 3.05) is 25.0 Å². The van der Waals surface area contributed by atoms with Gasteiger partial charge >= 0.3 is 0 Å². The van der Waals surface area contributed by atoms with Crippen molar-refractivity contribution in [1.29, 1.82) is 0 Å². The van der Waals surface area contributed by atoms with Gasteiger partial charge in [0.2, 0.25) is 5.91 Å². The van der Waals surface area contributed by atoms with E-state index in [-0.39, 0.29) is 29.8 Å². The molecule has 1 aromatic carbocycles. The Bertz CT molecular complexity index is 514. The average molecular weight is 340 g/mol. The average Bonchev–Trinajstić information content (AvgIpc) is 2.43. The summed E-state index contributed by atoms with van der Waals surface area (Å²) in [6, 6.07) is 8.31. The van der Waals surface area contributed by atoms with Crippen LogP contribution >= 0.6 is 12.4 Å². The fourth-order valence-electron chi connectivity index (χ4n) is 2.97. The normalized spacial score (nSPS) is 20.9. The van der Waals surface area contributed by atoms with Crippen molar-refractivity contribution in [2.24, 2.45) is 11.1 Å². The quantitative estimate of drug-likeness (QED) is 0.885. The second-order valence-electron chi connectivity index (χ2n) is 7.42. The van der Waals surface area contributed by atoms with Gasteiger partial charge in [-0.2, -0.15) is 0 Å². The molecule has 0 saturated carbocycles. The zero-order valence-corrected chi connectivity index (χ0v) is 15.5. The molecule has 1 unspecified atom stereocenters. The number of halogens is 1. The van der Waals surface area contributed by atoms with Crippen LogP contribution in [-0.4, -0.2) is 36.5 Å². The molecule has 1 aliphatic heterocycles. The minimum absolute atomic E-state index is 0. The van der Waals surface area contributed by atoms with Crippen LogP contribution in [0, 0.1) is 5.41 Å². The van der Waals surface area contributed by atoms with Crippen molar-refractivity contribution in [1.82, 2.24) is 4.90 Å². The van der Waals surface area contributed by atoms with Gasteiger partial charge in [0, 0.05) is 24.8 Å². The van der Waals surface area contributed by atoms with Crippen LogP contribution in [0.3, 0.4) is 0 Å². The topological polar surface area (TPSA) is 58.4 Å². The molecule has 1 atom stereocenters. The van der Waals surface area contributed by atoms with Gasteiger partial charge in [-0.05, 0) is 35.4 Å². The Morgan fingerprint density at radius 3 is 2.48 bits per heavy atom. The van der Waals surface area contributed by atoms with Crippen molar-refractivity contribution in [2.45, 2.75) is 46.1 Å². The van der Waals surface area contributed by atoms with Gasteiger partial charge < -0.3 is 11.1 Å². The molecule has 2 rings (SSSR count). The SMILES string of the molecule is CC(C)c1ccc(NC(=O)CN2CCC(N)C(C)(C)C2)cc1.Cl. The van der Waals surface area contributed by atoms with Crippen molar-refractivity contribution in [3.63, 3.8) is 0 Å². The number of carbonyl (C=O) groups excluding carboxylic acids is 1. The van der Waals surface area contributed by atoms with E-state index in [1.165, 1.54) is 5.56 Å². The van der Waals surface area contributed by atoms with Gasteiger partial charge in [-0.1, -0.05) is 39.8 Å². The Hall–Kier alpha value is -1.10. The van der Waals surface area contributed by atoms with E-state index in [0.29, 0.717) is 12.5 Å². The molecule has 1 aromatic rings. The third-order valence-corrected chi connectivity index (χ3v) is 4.62. The molecule has 4 nitrogen and oxygen atoms in total. The summed E-state index contributed by atoms with van der Waals surface area (Å²) < 4.78 is 0. The number of nitrogens with zero attached hydrogens (tertiary/aromatic N) is 1. The lowest BCUT2D eigenvalue weighted by atomic mass is 9.80. The maximum Gasteiger partial charge on any atom is 0.238 e. The van der Waals surface area contributed by atoms with E-state index in [9.17, 15) is 4.79 Å². The number of benzene rings is 1. The second kappa shape index (κ2) is 8.13. The Labute approximate surface area is 146 Å². The number of rotatable bonds is 4. The van der Waals surface area contributed by atoms with Gasteiger partial charge in [0.05, 0.1) is 6.54 Å². The number of hydrogen-bond acceptors (Lipinski definition) is 3. The zero-order valence-electron chi connectivity index (χ0n) is 14.6. The van der Waals surface area contributed by atoms with Gasteiger partial charge in [-0.3, -0.25) is 9.69 Å². The molecule has 0 radical (unpaired) electrons. The standard InChI is InChI=1S/C18H29N3O.ClH/c1-13(2)14-5-7-15(8-6-14)20-17(22)11-21-10-9-16(19)18(3,4)12-21;/h5-8,13,16H,9-12,19H2,1-4H3,(H,20,22);1H. The molecule has 0 aliphatic carbocycles. The van der Waals surface area contributed by atoms with E-state index in [1.807, 2.05) is 12.1 Å². The van der Waals surface area contributed by atoms with Crippen molar-refractivity contribution >= 4 is 24.0 Å². The number of nitrogens with one attached hydrogen (secondary N) is 1. The highest BCUT2D eigenvalue weighted by molar-refractivity contribution is 5.92. The van der Waals surface area contributed by atoms with E-state index in [0.717, 1.165) is 25.2 Å². The summed E-state index contributed by atoms with van der Waals surface area (Å²) in [6.45, 7) is 10.9. The van der Waals surface area contributed by atoms with Crippen LogP contribution in [0.15, 0.2) is 24.3 Å². The van der Waals surface area contributed by atoms with Gasteiger partial charge in [-0.15, -0.1) is 12.4 Å². The maximum atomic E-state index is 12.2. The molecule has 23 heavy (non-hydrogen) atoms. The number of piperidine rings is 1. The summed E-state index contributed by atoms with van der Waals surface area (Å²) in [7, 11) is 0. The summed E-state index contributed by atoms with van der Waals surface area (Å²) in [5.74, 6) is 0.549. The molecule has 5 heteroatoms. The monoisotopic (exact) mass is 339 g/mol. The predicted octanol–water partition coefficient (Wildman–Crippen LogP) is 3.23. The summed E-state index contributed by atoms with van der Waals surface area (Å²) in [5, 5.41) is 2.98. The molecule has 0 aromatic heterocycles. The number of anilines is 1. The highest BCUT2D eigenvalue weighted by atomic mass is 35.5. The van der Waals surface area contributed by atoms with Crippen LogP contribution in [0.4, 0.5) is 5.69 Å². The van der Waals surface area contributed by atoms with Crippen molar-refractivity contribution in [3.8, 4) is 0 Å². The summed E-state index contributed by atoms with van der Waals surface area (Å²) in [6.07, 6.45) is 0.948. The number of hydrogen-bond donors (Lipinski definition) is 2. The second-order valence-corrected chi connectivity index (χ2v) is 7.42. The number of nitrogens with two attached hydrogens (primary N) is 1.